The van der Waals surface area contributed by atoms with Gasteiger partial charge in [-0.15, -0.1) is 0 Å². The summed E-state index contributed by atoms with van der Waals surface area (Å²) in [5, 5.41) is 2.14. The number of carbonyl (C=O) groups is 4. The van der Waals surface area contributed by atoms with E-state index < -0.39 is 36.1 Å². The third-order valence-electron chi connectivity index (χ3n) is 1.82. The molecule has 0 bridgehead atoms. The SMILES string of the molecule is CCOC(=O)CC(=O)C(NC(C)=O)C(=O)OCC. The molecule has 0 saturated carbocycles. The van der Waals surface area contributed by atoms with Crippen LogP contribution in [0.2, 0.25) is 0 Å². The number of nitrogens with one attached hydrogen (secondary N) is 1. The van der Waals surface area contributed by atoms with Gasteiger partial charge in [0, 0.05) is 6.92 Å². The van der Waals surface area contributed by atoms with Crippen molar-refractivity contribution in [1.82, 2.24) is 5.32 Å². The highest BCUT2D eigenvalue weighted by Gasteiger charge is 2.30. The topological polar surface area (TPSA) is 98.8 Å². The quantitative estimate of drug-likeness (QED) is 0.492. The zero-order valence-electron chi connectivity index (χ0n) is 10.6. The van der Waals surface area contributed by atoms with Crippen LogP contribution in [0.4, 0.5) is 0 Å². The van der Waals surface area contributed by atoms with Crippen LogP contribution in [0.5, 0.6) is 0 Å². The summed E-state index contributed by atoms with van der Waals surface area (Å²) in [5.41, 5.74) is 0. The zero-order valence-corrected chi connectivity index (χ0v) is 10.6. The molecule has 7 heteroatoms. The van der Waals surface area contributed by atoms with Gasteiger partial charge in [0.15, 0.2) is 11.8 Å². The third-order valence-corrected chi connectivity index (χ3v) is 1.82. The van der Waals surface area contributed by atoms with Gasteiger partial charge in [-0.2, -0.15) is 0 Å². The van der Waals surface area contributed by atoms with E-state index in [4.69, 9.17) is 0 Å². The summed E-state index contributed by atoms with van der Waals surface area (Å²) >= 11 is 0. The highest BCUT2D eigenvalue weighted by atomic mass is 16.5. The number of amides is 1. The van der Waals surface area contributed by atoms with Gasteiger partial charge in [-0.25, -0.2) is 4.79 Å². The lowest BCUT2D eigenvalue weighted by Gasteiger charge is -2.14. The van der Waals surface area contributed by atoms with Gasteiger partial charge < -0.3 is 14.8 Å². The molecule has 0 aliphatic carbocycles. The maximum absolute atomic E-state index is 11.7. The van der Waals surface area contributed by atoms with Crippen molar-refractivity contribution in [3.8, 4) is 0 Å². The van der Waals surface area contributed by atoms with Gasteiger partial charge in [-0.1, -0.05) is 0 Å². The largest absolute Gasteiger partial charge is 0.466 e. The molecule has 0 saturated heterocycles. The molecule has 0 radical (unpaired) electrons. The molecule has 7 nitrogen and oxygen atoms in total. The van der Waals surface area contributed by atoms with Crippen molar-refractivity contribution < 1.29 is 28.7 Å². The first-order chi connectivity index (χ1) is 8.42. The molecule has 1 amide bonds. The van der Waals surface area contributed by atoms with Crippen LogP contribution in [0, 0.1) is 0 Å². The predicted molar refractivity (Wildman–Crippen MR) is 60.5 cm³/mol. The Balaban J connectivity index is 4.63. The number of ketones is 1. The molecule has 18 heavy (non-hydrogen) atoms. The molecule has 0 fully saturated rings. The van der Waals surface area contributed by atoms with Gasteiger partial charge in [-0.05, 0) is 13.8 Å². The van der Waals surface area contributed by atoms with E-state index in [2.05, 4.69) is 14.8 Å². The number of esters is 2. The van der Waals surface area contributed by atoms with Gasteiger partial charge in [0.1, 0.15) is 6.42 Å². The minimum absolute atomic E-state index is 0.0710. The molecular weight excluding hydrogens is 242 g/mol. The van der Waals surface area contributed by atoms with Gasteiger partial charge in [0.25, 0.3) is 0 Å². The minimum atomic E-state index is -1.47. The van der Waals surface area contributed by atoms with Crippen molar-refractivity contribution in [2.75, 3.05) is 13.2 Å². The van der Waals surface area contributed by atoms with Crippen LogP contribution in [-0.4, -0.2) is 42.9 Å². The summed E-state index contributed by atoms with van der Waals surface area (Å²) in [4.78, 5) is 45.1. The lowest BCUT2D eigenvalue weighted by Crippen LogP contribution is -2.47. The standard InChI is InChI=1S/C11H17NO6/c1-4-17-9(15)6-8(14)10(12-7(3)13)11(16)18-5-2/h10H,4-6H2,1-3H3,(H,12,13). The smallest absolute Gasteiger partial charge is 0.336 e. The van der Waals surface area contributed by atoms with Gasteiger partial charge in [0.2, 0.25) is 5.91 Å². The maximum atomic E-state index is 11.7. The van der Waals surface area contributed by atoms with E-state index in [1.165, 1.54) is 0 Å². The third kappa shape index (κ3) is 5.97. The zero-order chi connectivity index (χ0) is 14.1. The van der Waals surface area contributed by atoms with Crippen molar-refractivity contribution in [3.05, 3.63) is 0 Å². The van der Waals surface area contributed by atoms with E-state index in [9.17, 15) is 19.2 Å². The molecule has 0 spiro atoms. The average molecular weight is 259 g/mol. The Morgan fingerprint density at radius 1 is 1.06 bits per heavy atom. The second-order valence-electron chi connectivity index (χ2n) is 3.33. The fourth-order valence-corrected chi connectivity index (χ4v) is 1.16. The van der Waals surface area contributed by atoms with Crippen molar-refractivity contribution in [3.63, 3.8) is 0 Å². The van der Waals surface area contributed by atoms with Gasteiger partial charge >= 0.3 is 11.9 Å². The van der Waals surface area contributed by atoms with E-state index in [0.717, 1.165) is 6.92 Å². The van der Waals surface area contributed by atoms with Crippen LogP contribution in [0.3, 0.4) is 0 Å². The predicted octanol–water partition coefficient (Wildman–Crippen LogP) is -0.423. The van der Waals surface area contributed by atoms with E-state index in [1.54, 1.807) is 13.8 Å². The highest BCUT2D eigenvalue weighted by molar-refractivity contribution is 6.10. The molecule has 1 unspecified atom stereocenters. The summed E-state index contributed by atoms with van der Waals surface area (Å²) < 4.78 is 9.22. The molecule has 0 aromatic heterocycles. The molecule has 1 N–H and O–H groups in total. The molecule has 0 aromatic carbocycles. The minimum Gasteiger partial charge on any atom is -0.466 e. The maximum Gasteiger partial charge on any atom is 0.336 e. The van der Waals surface area contributed by atoms with Gasteiger partial charge in [0.05, 0.1) is 13.2 Å². The van der Waals surface area contributed by atoms with Crippen LogP contribution in [0.15, 0.2) is 0 Å². The Morgan fingerprint density at radius 2 is 1.61 bits per heavy atom. The summed E-state index contributed by atoms with van der Waals surface area (Å²) in [6.07, 6.45) is -0.586. The molecular formula is C11H17NO6. The Bertz CT molecular complexity index is 338. The van der Waals surface area contributed by atoms with Crippen LogP contribution in [-0.2, 0) is 28.7 Å². The van der Waals surface area contributed by atoms with Crippen LogP contribution >= 0.6 is 0 Å². The van der Waals surface area contributed by atoms with E-state index >= 15 is 0 Å². The molecule has 0 aliphatic heterocycles. The van der Waals surface area contributed by atoms with E-state index in [1.807, 2.05) is 0 Å². The molecule has 102 valence electrons. The monoisotopic (exact) mass is 259 g/mol. The van der Waals surface area contributed by atoms with E-state index in [-0.39, 0.29) is 13.2 Å². The lowest BCUT2D eigenvalue weighted by molar-refractivity contribution is -0.152. The fourth-order valence-electron chi connectivity index (χ4n) is 1.16. The second kappa shape index (κ2) is 8.21. The van der Waals surface area contributed by atoms with Crippen molar-refractivity contribution in [1.29, 1.82) is 0 Å². The summed E-state index contributed by atoms with van der Waals surface area (Å²) in [5.74, 6) is -2.96. The van der Waals surface area contributed by atoms with E-state index in [0.29, 0.717) is 0 Å². The number of hydrogen-bond donors (Lipinski definition) is 1. The number of ether oxygens (including phenoxy) is 2. The first kappa shape index (κ1) is 16.1. The Labute approximate surface area is 105 Å². The van der Waals surface area contributed by atoms with Crippen molar-refractivity contribution in [2.45, 2.75) is 33.2 Å². The molecule has 0 aromatic rings. The molecule has 1 atom stereocenters. The Hall–Kier alpha value is -1.92. The van der Waals surface area contributed by atoms with Crippen molar-refractivity contribution in [2.24, 2.45) is 0 Å². The Kier molecular flexibility index (Phi) is 7.34. The molecule has 0 aliphatic rings. The van der Waals surface area contributed by atoms with Crippen LogP contribution in [0.1, 0.15) is 27.2 Å². The molecule has 0 heterocycles. The van der Waals surface area contributed by atoms with Crippen LogP contribution < -0.4 is 5.32 Å². The Morgan fingerprint density at radius 3 is 2.06 bits per heavy atom. The summed E-state index contributed by atoms with van der Waals surface area (Å²) in [6.45, 7) is 4.53. The summed E-state index contributed by atoms with van der Waals surface area (Å²) in [6, 6.07) is -1.47. The first-order valence-corrected chi connectivity index (χ1v) is 5.54. The number of Topliss-reactive ketones (excluding diaryl/α,β-unsaturated/α-hetero) is 1. The van der Waals surface area contributed by atoms with Gasteiger partial charge in [-0.3, -0.25) is 14.4 Å². The number of carbonyl (C=O) groups excluding carboxylic acids is 4. The first-order valence-electron chi connectivity index (χ1n) is 5.54. The van der Waals surface area contributed by atoms with Crippen molar-refractivity contribution >= 4 is 23.6 Å². The molecule has 0 rings (SSSR count). The lowest BCUT2D eigenvalue weighted by atomic mass is 10.1. The second-order valence-corrected chi connectivity index (χ2v) is 3.33. The van der Waals surface area contributed by atoms with Crippen LogP contribution in [0.25, 0.3) is 0 Å². The highest BCUT2D eigenvalue weighted by Crippen LogP contribution is 1.98. The number of rotatable bonds is 7. The normalized spacial score (nSPS) is 11.3. The summed E-state index contributed by atoms with van der Waals surface area (Å²) in [7, 11) is 0. The fraction of sp³-hybridized carbons (Fsp3) is 0.636. The number of hydrogen-bond acceptors (Lipinski definition) is 6. The average Bonchev–Trinajstić information content (AvgIpc) is 2.25.